The summed E-state index contributed by atoms with van der Waals surface area (Å²) in [4.78, 5) is 12.4. The van der Waals surface area contributed by atoms with E-state index in [0.717, 1.165) is 11.3 Å². The fraction of sp³-hybridized carbons (Fsp3) is 0.208. The fourth-order valence-corrected chi connectivity index (χ4v) is 3.06. The molecule has 0 aliphatic heterocycles. The van der Waals surface area contributed by atoms with Gasteiger partial charge in [-0.2, -0.15) is 0 Å². The molecule has 3 aromatic rings. The molecule has 6 nitrogen and oxygen atoms in total. The molecule has 3 aromatic carbocycles. The highest BCUT2D eigenvalue weighted by molar-refractivity contribution is 5.91. The van der Waals surface area contributed by atoms with Crippen LogP contribution in [-0.2, 0) is 11.2 Å². The van der Waals surface area contributed by atoms with Crippen LogP contribution in [0, 0.1) is 0 Å². The minimum absolute atomic E-state index is 0.0939. The van der Waals surface area contributed by atoms with E-state index in [-0.39, 0.29) is 5.91 Å². The summed E-state index contributed by atoms with van der Waals surface area (Å²) >= 11 is 0. The number of carbonyl (C=O) groups excluding carboxylic acids is 1. The van der Waals surface area contributed by atoms with Gasteiger partial charge in [0, 0.05) is 12.1 Å². The lowest BCUT2D eigenvalue weighted by molar-refractivity contribution is -0.116. The average Bonchev–Trinajstić information content (AvgIpc) is 2.78. The lowest BCUT2D eigenvalue weighted by Crippen LogP contribution is -2.12. The Labute approximate surface area is 176 Å². The molecule has 0 heterocycles. The van der Waals surface area contributed by atoms with E-state index < -0.39 is 0 Å². The topological polar surface area (TPSA) is 66.0 Å². The van der Waals surface area contributed by atoms with Crippen LogP contribution < -0.4 is 24.3 Å². The normalized spacial score (nSPS) is 10.2. The number of anilines is 1. The zero-order valence-electron chi connectivity index (χ0n) is 17.3. The van der Waals surface area contributed by atoms with Gasteiger partial charge in [0.05, 0.1) is 21.3 Å². The quantitative estimate of drug-likeness (QED) is 0.536. The molecular weight excluding hydrogens is 382 g/mol. The first-order valence-corrected chi connectivity index (χ1v) is 9.55. The number of nitrogens with one attached hydrogen (secondary N) is 1. The van der Waals surface area contributed by atoms with Crippen molar-refractivity contribution >= 4 is 11.6 Å². The van der Waals surface area contributed by atoms with Crippen molar-refractivity contribution in [1.82, 2.24) is 0 Å². The number of carbonyl (C=O) groups is 1. The smallest absolute Gasteiger partial charge is 0.224 e. The largest absolute Gasteiger partial charge is 0.493 e. The Balaban J connectivity index is 1.58. The highest BCUT2D eigenvalue weighted by atomic mass is 16.5. The molecule has 156 valence electrons. The second-order valence-electron chi connectivity index (χ2n) is 6.48. The second-order valence-corrected chi connectivity index (χ2v) is 6.48. The number of hydrogen-bond acceptors (Lipinski definition) is 5. The van der Waals surface area contributed by atoms with Gasteiger partial charge in [-0.25, -0.2) is 0 Å². The van der Waals surface area contributed by atoms with Crippen LogP contribution in [0.25, 0.3) is 0 Å². The van der Waals surface area contributed by atoms with Gasteiger partial charge >= 0.3 is 0 Å². The summed E-state index contributed by atoms with van der Waals surface area (Å²) in [6.07, 6.45) is 0.804. The molecule has 0 unspecified atom stereocenters. The molecular formula is C24H25NO5. The number of para-hydroxylation sites is 1. The Bertz CT molecular complexity index is 971. The molecule has 6 heteroatoms. The van der Waals surface area contributed by atoms with Gasteiger partial charge in [-0.1, -0.05) is 24.3 Å². The standard InChI is InChI=1S/C24H25NO5/c1-27-21-15-9-17(23(28-2)24(21)29-3)10-16-22(26)25-18-11-13-20(14-12-18)30-19-7-5-4-6-8-19/h4-9,11-15H,10,16H2,1-3H3,(H,25,26). The van der Waals surface area contributed by atoms with Crippen molar-refractivity contribution in [2.45, 2.75) is 12.8 Å². The van der Waals surface area contributed by atoms with Crippen LogP contribution in [0.1, 0.15) is 12.0 Å². The Morgan fingerprint density at radius 3 is 2.07 bits per heavy atom. The maximum Gasteiger partial charge on any atom is 0.224 e. The van der Waals surface area contributed by atoms with Gasteiger partial charge in [-0.05, 0) is 54.4 Å². The van der Waals surface area contributed by atoms with Crippen LogP contribution >= 0.6 is 0 Å². The average molecular weight is 407 g/mol. The van der Waals surface area contributed by atoms with Gasteiger partial charge in [0.25, 0.3) is 0 Å². The lowest BCUT2D eigenvalue weighted by atomic mass is 10.1. The third kappa shape index (κ3) is 5.23. The molecule has 0 aromatic heterocycles. The maximum atomic E-state index is 12.4. The predicted molar refractivity (Wildman–Crippen MR) is 116 cm³/mol. The molecule has 0 aliphatic rings. The molecule has 0 aliphatic carbocycles. The molecule has 30 heavy (non-hydrogen) atoms. The van der Waals surface area contributed by atoms with Crippen LogP contribution in [0.5, 0.6) is 28.7 Å². The first-order valence-electron chi connectivity index (χ1n) is 9.55. The van der Waals surface area contributed by atoms with Gasteiger partial charge in [0.2, 0.25) is 11.7 Å². The van der Waals surface area contributed by atoms with Crippen molar-refractivity contribution in [2.24, 2.45) is 0 Å². The summed E-state index contributed by atoms with van der Waals surface area (Å²) in [5.41, 5.74) is 1.58. The van der Waals surface area contributed by atoms with Crippen molar-refractivity contribution in [3.8, 4) is 28.7 Å². The Morgan fingerprint density at radius 2 is 1.43 bits per heavy atom. The maximum absolute atomic E-state index is 12.4. The van der Waals surface area contributed by atoms with Crippen molar-refractivity contribution in [3.05, 3.63) is 72.3 Å². The number of aryl methyl sites for hydroxylation is 1. The van der Waals surface area contributed by atoms with E-state index in [1.54, 1.807) is 27.4 Å². The number of rotatable bonds is 9. The molecule has 0 saturated carbocycles. The first kappa shape index (κ1) is 21.0. The van der Waals surface area contributed by atoms with Crippen molar-refractivity contribution < 1.29 is 23.7 Å². The number of amides is 1. The monoisotopic (exact) mass is 407 g/mol. The Morgan fingerprint density at radius 1 is 0.767 bits per heavy atom. The highest BCUT2D eigenvalue weighted by Gasteiger charge is 2.16. The zero-order valence-corrected chi connectivity index (χ0v) is 17.3. The molecule has 0 fully saturated rings. The van der Waals surface area contributed by atoms with Crippen LogP contribution in [0.4, 0.5) is 5.69 Å². The van der Waals surface area contributed by atoms with Crippen LogP contribution in [0.2, 0.25) is 0 Å². The molecule has 0 radical (unpaired) electrons. The molecule has 0 bridgehead atoms. The summed E-state index contributed by atoms with van der Waals surface area (Å²) in [5.74, 6) is 3.05. The van der Waals surface area contributed by atoms with E-state index in [4.69, 9.17) is 18.9 Å². The van der Waals surface area contributed by atoms with E-state index in [2.05, 4.69) is 5.32 Å². The van der Waals surface area contributed by atoms with Gasteiger partial charge in [-0.15, -0.1) is 0 Å². The van der Waals surface area contributed by atoms with Crippen LogP contribution in [-0.4, -0.2) is 27.2 Å². The van der Waals surface area contributed by atoms with Gasteiger partial charge in [0.1, 0.15) is 11.5 Å². The molecule has 3 rings (SSSR count). The van der Waals surface area contributed by atoms with Crippen LogP contribution in [0.3, 0.4) is 0 Å². The number of hydrogen-bond donors (Lipinski definition) is 1. The second kappa shape index (κ2) is 10.2. The van der Waals surface area contributed by atoms with E-state index >= 15 is 0 Å². The third-order valence-electron chi connectivity index (χ3n) is 4.52. The van der Waals surface area contributed by atoms with Crippen molar-refractivity contribution in [3.63, 3.8) is 0 Å². The minimum Gasteiger partial charge on any atom is -0.493 e. The Kier molecular flexibility index (Phi) is 7.16. The van der Waals surface area contributed by atoms with E-state index in [0.29, 0.717) is 41.5 Å². The SMILES string of the molecule is COc1ccc(CCC(=O)Nc2ccc(Oc3ccccc3)cc2)c(OC)c1OC. The summed E-state index contributed by atoms with van der Waals surface area (Å²) < 4.78 is 21.9. The number of methoxy groups -OCH3 is 3. The summed E-state index contributed by atoms with van der Waals surface area (Å²) in [5, 5.41) is 2.90. The van der Waals surface area contributed by atoms with E-state index in [1.165, 1.54) is 0 Å². The molecule has 0 atom stereocenters. The number of ether oxygens (including phenoxy) is 4. The van der Waals surface area contributed by atoms with Gasteiger partial charge < -0.3 is 24.3 Å². The minimum atomic E-state index is -0.0939. The highest BCUT2D eigenvalue weighted by Crippen LogP contribution is 2.40. The summed E-state index contributed by atoms with van der Waals surface area (Å²) in [6.45, 7) is 0. The summed E-state index contributed by atoms with van der Waals surface area (Å²) in [7, 11) is 4.70. The van der Waals surface area contributed by atoms with Gasteiger partial charge in [-0.3, -0.25) is 4.79 Å². The molecule has 1 amide bonds. The lowest BCUT2D eigenvalue weighted by Gasteiger charge is -2.15. The third-order valence-corrected chi connectivity index (χ3v) is 4.52. The first-order chi connectivity index (χ1) is 14.6. The Hall–Kier alpha value is -3.67. The van der Waals surface area contributed by atoms with Crippen LogP contribution in [0.15, 0.2) is 66.7 Å². The van der Waals surface area contributed by atoms with E-state index in [9.17, 15) is 4.79 Å². The molecule has 1 N–H and O–H groups in total. The fourth-order valence-electron chi connectivity index (χ4n) is 3.06. The zero-order chi connectivity index (χ0) is 21.3. The number of benzene rings is 3. The summed E-state index contributed by atoms with van der Waals surface area (Å²) in [6, 6.07) is 20.5. The van der Waals surface area contributed by atoms with Crippen molar-refractivity contribution in [1.29, 1.82) is 0 Å². The van der Waals surface area contributed by atoms with E-state index in [1.807, 2.05) is 60.7 Å². The predicted octanol–water partition coefficient (Wildman–Crippen LogP) is 5.08. The van der Waals surface area contributed by atoms with Gasteiger partial charge in [0.15, 0.2) is 11.5 Å². The van der Waals surface area contributed by atoms with Crippen molar-refractivity contribution in [2.75, 3.05) is 26.6 Å². The molecule has 0 spiro atoms. The molecule has 0 saturated heterocycles.